The molecular formula is C21H30N2O2S. The predicted molar refractivity (Wildman–Crippen MR) is 107 cm³/mol. The van der Waals surface area contributed by atoms with Crippen molar-refractivity contribution >= 4 is 17.3 Å². The first-order valence-corrected chi connectivity index (χ1v) is 10.4. The number of fused-ring (bicyclic) bond motifs is 2. The van der Waals surface area contributed by atoms with Gasteiger partial charge in [0.05, 0.1) is 13.2 Å². The maximum atomic E-state index is 5.89. The zero-order chi connectivity index (χ0) is 17.9. The van der Waals surface area contributed by atoms with Crippen molar-refractivity contribution in [3.8, 4) is 5.75 Å². The minimum absolute atomic E-state index is 0.282. The number of para-hydroxylation sites is 1. The highest BCUT2D eigenvalue weighted by Gasteiger charge is 2.40. The number of methoxy groups -OCH3 is 1. The normalized spacial score (nSPS) is 29.7. The van der Waals surface area contributed by atoms with E-state index < -0.39 is 0 Å². The summed E-state index contributed by atoms with van der Waals surface area (Å²) in [6.45, 7) is 2.49. The van der Waals surface area contributed by atoms with Crippen molar-refractivity contribution in [3.63, 3.8) is 0 Å². The van der Waals surface area contributed by atoms with Crippen LogP contribution in [0.1, 0.15) is 44.1 Å². The molecule has 3 fully saturated rings. The third kappa shape index (κ3) is 3.99. The van der Waals surface area contributed by atoms with Crippen LogP contribution in [0, 0.1) is 11.8 Å². The van der Waals surface area contributed by atoms with E-state index in [0.717, 1.165) is 55.2 Å². The largest absolute Gasteiger partial charge is 0.496 e. The predicted octanol–water partition coefficient (Wildman–Crippen LogP) is 3.74. The van der Waals surface area contributed by atoms with Gasteiger partial charge in [0.15, 0.2) is 5.11 Å². The third-order valence-electron chi connectivity index (χ3n) is 6.34. The zero-order valence-corrected chi connectivity index (χ0v) is 16.5. The molecule has 4 rings (SSSR count). The van der Waals surface area contributed by atoms with Crippen LogP contribution in [0.5, 0.6) is 5.75 Å². The van der Waals surface area contributed by atoms with Gasteiger partial charge in [-0.2, -0.15) is 0 Å². The number of benzene rings is 1. The van der Waals surface area contributed by atoms with Gasteiger partial charge in [0.25, 0.3) is 0 Å². The molecule has 2 bridgehead atoms. The van der Waals surface area contributed by atoms with Crippen LogP contribution >= 0.6 is 12.2 Å². The molecule has 1 aromatic rings. The highest BCUT2D eigenvalue weighted by atomic mass is 32.1. The summed E-state index contributed by atoms with van der Waals surface area (Å²) in [5, 5.41) is 4.58. The molecule has 1 saturated heterocycles. The summed E-state index contributed by atoms with van der Waals surface area (Å²) in [5.74, 6) is 2.66. The van der Waals surface area contributed by atoms with Crippen LogP contribution in [0.2, 0.25) is 0 Å². The molecule has 3 aliphatic rings. The van der Waals surface area contributed by atoms with E-state index in [-0.39, 0.29) is 6.10 Å². The minimum Gasteiger partial charge on any atom is -0.496 e. The number of ether oxygens (including phenoxy) is 2. The maximum Gasteiger partial charge on any atom is 0.169 e. The molecule has 1 aromatic carbocycles. The Morgan fingerprint density at radius 2 is 2.15 bits per heavy atom. The molecule has 0 radical (unpaired) electrons. The molecule has 4 unspecified atom stereocenters. The lowest BCUT2D eigenvalue weighted by Crippen LogP contribution is -2.48. The molecule has 2 saturated carbocycles. The summed E-state index contributed by atoms with van der Waals surface area (Å²) in [6, 6.07) is 8.78. The van der Waals surface area contributed by atoms with Gasteiger partial charge in [-0.25, -0.2) is 0 Å². The number of hydrogen-bond acceptors (Lipinski definition) is 3. The molecule has 0 spiro atoms. The van der Waals surface area contributed by atoms with E-state index in [1.807, 2.05) is 12.1 Å². The highest BCUT2D eigenvalue weighted by molar-refractivity contribution is 7.80. The summed E-state index contributed by atoms with van der Waals surface area (Å²) in [4.78, 5) is 2.29. The van der Waals surface area contributed by atoms with E-state index in [0.29, 0.717) is 6.04 Å². The van der Waals surface area contributed by atoms with Crippen LogP contribution in [0.15, 0.2) is 24.3 Å². The molecule has 5 heteroatoms. The SMILES string of the molecule is COc1ccccc1CN(CC1CCCO1)C(=S)NC1CC2CCC1C2. The monoisotopic (exact) mass is 374 g/mol. The number of nitrogens with one attached hydrogen (secondary N) is 1. The summed E-state index contributed by atoms with van der Waals surface area (Å²) in [6.07, 6.45) is 8.01. The van der Waals surface area contributed by atoms with Crippen LogP contribution in [0.4, 0.5) is 0 Å². The van der Waals surface area contributed by atoms with Crippen molar-refractivity contribution in [1.29, 1.82) is 0 Å². The zero-order valence-electron chi connectivity index (χ0n) is 15.7. The van der Waals surface area contributed by atoms with Gasteiger partial charge in [0.1, 0.15) is 5.75 Å². The van der Waals surface area contributed by atoms with Crippen LogP contribution in [-0.4, -0.2) is 42.4 Å². The van der Waals surface area contributed by atoms with Gasteiger partial charge in [-0.1, -0.05) is 24.6 Å². The Bertz CT molecular complexity index is 632. The Morgan fingerprint density at radius 1 is 1.27 bits per heavy atom. The second-order valence-electron chi connectivity index (χ2n) is 8.06. The number of thiocarbonyl (C=S) groups is 1. The van der Waals surface area contributed by atoms with E-state index in [4.69, 9.17) is 21.7 Å². The van der Waals surface area contributed by atoms with Gasteiger partial charge in [-0.15, -0.1) is 0 Å². The van der Waals surface area contributed by atoms with Crippen molar-refractivity contribution < 1.29 is 9.47 Å². The highest BCUT2D eigenvalue weighted by Crippen LogP contribution is 2.44. The second-order valence-corrected chi connectivity index (χ2v) is 8.44. The standard InChI is InChI=1S/C21H30N2O2S/c1-24-20-7-3-2-5-17(20)13-23(14-18-6-4-10-25-18)21(26)22-19-12-15-8-9-16(19)11-15/h2-3,5,7,15-16,18-19H,4,6,8-14H2,1H3,(H,22,26). The summed E-state index contributed by atoms with van der Waals surface area (Å²) in [5.41, 5.74) is 1.17. The second kappa shape index (κ2) is 8.13. The van der Waals surface area contributed by atoms with Crippen molar-refractivity contribution in [3.05, 3.63) is 29.8 Å². The summed E-state index contributed by atoms with van der Waals surface area (Å²) < 4.78 is 11.4. The van der Waals surface area contributed by atoms with Crippen LogP contribution in [0.25, 0.3) is 0 Å². The van der Waals surface area contributed by atoms with E-state index in [1.54, 1.807) is 7.11 Å². The fraction of sp³-hybridized carbons (Fsp3) is 0.667. The number of hydrogen-bond donors (Lipinski definition) is 1. The molecule has 4 atom stereocenters. The molecule has 1 N–H and O–H groups in total. The number of nitrogens with zero attached hydrogens (tertiary/aromatic N) is 1. The average Bonchev–Trinajstić information content (AvgIpc) is 3.40. The Balaban J connectivity index is 1.45. The fourth-order valence-electron chi connectivity index (χ4n) is 4.96. The lowest BCUT2D eigenvalue weighted by molar-refractivity contribution is 0.0892. The van der Waals surface area contributed by atoms with E-state index in [9.17, 15) is 0 Å². The molecule has 2 aliphatic carbocycles. The smallest absolute Gasteiger partial charge is 0.169 e. The van der Waals surface area contributed by atoms with Crippen molar-refractivity contribution in [2.45, 2.75) is 57.2 Å². The van der Waals surface area contributed by atoms with Gasteiger partial charge in [0.2, 0.25) is 0 Å². The Hall–Kier alpha value is -1.33. The summed E-state index contributed by atoms with van der Waals surface area (Å²) >= 11 is 5.86. The van der Waals surface area contributed by atoms with Gasteiger partial charge in [-0.3, -0.25) is 0 Å². The van der Waals surface area contributed by atoms with Gasteiger partial charge < -0.3 is 19.7 Å². The van der Waals surface area contributed by atoms with Crippen LogP contribution in [-0.2, 0) is 11.3 Å². The van der Waals surface area contributed by atoms with Gasteiger partial charge in [0, 0.05) is 31.3 Å². The molecule has 1 aliphatic heterocycles. The van der Waals surface area contributed by atoms with E-state index in [1.165, 1.54) is 31.2 Å². The van der Waals surface area contributed by atoms with Crippen LogP contribution < -0.4 is 10.1 Å². The van der Waals surface area contributed by atoms with E-state index in [2.05, 4.69) is 22.3 Å². The van der Waals surface area contributed by atoms with Gasteiger partial charge >= 0.3 is 0 Å². The molecular weight excluding hydrogens is 344 g/mol. The first-order valence-electron chi connectivity index (χ1n) is 10.0. The minimum atomic E-state index is 0.282. The summed E-state index contributed by atoms with van der Waals surface area (Å²) in [7, 11) is 1.73. The Labute approximate surface area is 162 Å². The van der Waals surface area contributed by atoms with Crippen molar-refractivity contribution in [2.75, 3.05) is 20.3 Å². The maximum absolute atomic E-state index is 5.89. The molecule has 0 aromatic heterocycles. The lowest BCUT2D eigenvalue weighted by Gasteiger charge is -2.32. The lowest BCUT2D eigenvalue weighted by atomic mass is 9.95. The first-order chi connectivity index (χ1) is 12.7. The molecule has 26 heavy (non-hydrogen) atoms. The molecule has 1 heterocycles. The van der Waals surface area contributed by atoms with Crippen LogP contribution in [0.3, 0.4) is 0 Å². The third-order valence-corrected chi connectivity index (χ3v) is 6.71. The topological polar surface area (TPSA) is 33.7 Å². The average molecular weight is 375 g/mol. The van der Waals surface area contributed by atoms with Crippen molar-refractivity contribution in [1.82, 2.24) is 10.2 Å². The Morgan fingerprint density at radius 3 is 2.85 bits per heavy atom. The molecule has 0 amide bonds. The number of rotatable bonds is 6. The Kier molecular flexibility index (Phi) is 5.65. The first kappa shape index (κ1) is 18.1. The molecule has 4 nitrogen and oxygen atoms in total. The quantitative estimate of drug-likeness (QED) is 0.767. The van der Waals surface area contributed by atoms with Crippen molar-refractivity contribution in [2.24, 2.45) is 11.8 Å². The van der Waals surface area contributed by atoms with E-state index >= 15 is 0 Å². The van der Waals surface area contributed by atoms with Gasteiger partial charge in [-0.05, 0) is 62.2 Å². The molecule has 142 valence electrons. The fourth-order valence-corrected chi connectivity index (χ4v) is 5.25.